The number of carbonyl (C=O) groups is 1. The molecule has 6 heteroatoms. The average Bonchev–Trinajstić information content (AvgIpc) is 2.27. The Morgan fingerprint density at radius 2 is 1.89 bits per heavy atom. The van der Waals surface area contributed by atoms with Gasteiger partial charge in [0.2, 0.25) is 0 Å². The standard InChI is InChI=1S/C13H18ClNO3S/c1-8(2)7-15-13(16)12-6-11(19(14,17)18)5-9(3)10(12)4/h5-6,8H,7H2,1-4H3,(H,15,16). The first-order valence-electron chi connectivity index (χ1n) is 5.97. The molecule has 1 N–H and O–H groups in total. The summed E-state index contributed by atoms with van der Waals surface area (Å²) in [4.78, 5) is 12.0. The molecule has 1 amide bonds. The van der Waals surface area contributed by atoms with Crippen LogP contribution in [0.3, 0.4) is 0 Å². The highest BCUT2D eigenvalue weighted by Gasteiger charge is 2.17. The molecule has 1 rings (SSSR count). The Morgan fingerprint density at radius 1 is 1.32 bits per heavy atom. The van der Waals surface area contributed by atoms with Crippen LogP contribution in [0.4, 0.5) is 0 Å². The van der Waals surface area contributed by atoms with Crippen LogP contribution in [0.5, 0.6) is 0 Å². The van der Waals surface area contributed by atoms with E-state index in [1.165, 1.54) is 12.1 Å². The lowest BCUT2D eigenvalue weighted by Crippen LogP contribution is -2.28. The molecule has 0 saturated heterocycles. The molecule has 0 radical (unpaired) electrons. The molecular formula is C13H18ClNO3S. The molecule has 0 aliphatic heterocycles. The molecule has 0 atom stereocenters. The van der Waals surface area contributed by atoms with Gasteiger partial charge in [0.25, 0.3) is 15.0 Å². The molecule has 0 bridgehead atoms. The number of hydrogen-bond acceptors (Lipinski definition) is 3. The van der Waals surface area contributed by atoms with Crippen LogP contribution >= 0.6 is 10.7 Å². The zero-order chi connectivity index (χ0) is 14.8. The van der Waals surface area contributed by atoms with Gasteiger partial charge in [0.1, 0.15) is 0 Å². The third-order valence-electron chi connectivity index (χ3n) is 2.84. The summed E-state index contributed by atoms with van der Waals surface area (Å²) >= 11 is 0. The molecule has 0 aliphatic rings. The summed E-state index contributed by atoms with van der Waals surface area (Å²) in [6.45, 7) is 8.04. The Kier molecular flexibility index (Phi) is 4.98. The fourth-order valence-corrected chi connectivity index (χ4v) is 2.44. The van der Waals surface area contributed by atoms with Gasteiger partial charge in [0.05, 0.1) is 4.90 Å². The van der Waals surface area contributed by atoms with E-state index in [2.05, 4.69) is 5.32 Å². The third-order valence-corrected chi connectivity index (χ3v) is 4.17. The van der Waals surface area contributed by atoms with Crippen LogP contribution in [-0.2, 0) is 9.05 Å². The fourth-order valence-electron chi connectivity index (χ4n) is 1.59. The molecule has 1 aromatic carbocycles. The van der Waals surface area contributed by atoms with E-state index in [0.717, 1.165) is 11.1 Å². The van der Waals surface area contributed by atoms with Crippen LogP contribution in [0.2, 0.25) is 0 Å². The van der Waals surface area contributed by atoms with Crippen molar-refractivity contribution in [2.24, 2.45) is 5.92 Å². The zero-order valence-electron chi connectivity index (χ0n) is 11.5. The van der Waals surface area contributed by atoms with E-state index in [1.807, 2.05) is 13.8 Å². The number of hydrogen-bond donors (Lipinski definition) is 1. The summed E-state index contributed by atoms with van der Waals surface area (Å²) in [6, 6.07) is 2.79. The normalized spacial score (nSPS) is 11.7. The van der Waals surface area contributed by atoms with Crippen LogP contribution in [0, 0.1) is 19.8 Å². The molecule has 19 heavy (non-hydrogen) atoms. The lowest BCUT2D eigenvalue weighted by Gasteiger charge is -2.12. The molecule has 0 unspecified atom stereocenters. The van der Waals surface area contributed by atoms with Gasteiger partial charge in [-0.25, -0.2) is 8.42 Å². The predicted molar refractivity (Wildman–Crippen MR) is 76.1 cm³/mol. The van der Waals surface area contributed by atoms with Crippen molar-refractivity contribution in [1.29, 1.82) is 0 Å². The summed E-state index contributed by atoms with van der Waals surface area (Å²) in [5, 5.41) is 2.77. The van der Waals surface area contributed by atoms with Crippen molar-refractivity contribution in [1.82, 2.24) is 5.32 Å². The maximum Gasteiger partial charge on any atom is 0.261 e. The van der Waals surface area contributed by atoms with E-state index < -0.39 is 9.05 Å². The van der Waals surface area contributed by atoms with E-state index >= 15 is 0 Å². The number of amides is 1. The Morgan fingerprint density at radius 3 is 2.37 bits per heavy atom. The summed E-state index contributed by atoms with van der Waals surface area (Å²) < 4.78 is 22.7. The molecule has 4 nitrogen and oxygen atoms in total. The van der Waals surface area contributed by atoms with Crippen LogP contribution in [0.25, 0.3) is 0 Å². The quantitative estimate of drug-likeness (QED) is 0.870. The minimum atomic E-state index is -3.84. The average molecular weight is 304 g/mol. The van der Waals surface area contributed by atoms with Crippen molar-refractivity contribution in [3.8, 4) is 0 Å². The van der Waals surface area contributed by atoms with Crippen molar-refractivity contribution >= 4 is 25.6 Å². The monoisotopic (exact) mass is 303 g/mol. The SMILES string of the molecule is Cc1cc(S(=O)(=O)Cl)cc(C(=O)NCC(C)C)c1C. The first kappa shape index (κ1) is 16.0. The second-order valence-corrected chi connectivity index (χ2v) is 7.52. The molecule has 0 spiro atoms. The lowest BCUT2D eigenvalue weighted by molar-refractivity contribution is 0.0948. The molecule has 0 fully saturated rings. The minimum Gasteiger partial charge on any atom is -0.352 e. The number of aryl methyl sites for hydroxylation is 1. The summed E-state index contributed by atoms with van der Waals surface area (Å²) in [5.74, 6) is 0.0433. The fraction of sp³-hybridized carbons (Fsp3) is 0.462. The van der Waals surface area contributed by atoms with Crippen LogP contribution in [0.1, 0.15) is 35.3 Å². The number of benzene rings is 1. The Hall–Kier alpha value is -1.07. The van der Waals surface area contributed by atoms with E-state index in [-0.39, 0.29) is 10.8 Å². The smallest absolute Gasteiger partial charge is 0.261 e. The number of carbonyl (C=O) groups excluding carboxylic acids is 1. The van der Waals surface area contributed by atoms with Gasteiger partial charge >= 0.3 is 0 Å². The van der Waals surface area contributed by atoms with Crippen LogP contribution in [-0.4, -0.2) is 20.9 Å². The number of halogens is 1. The minimum absolute atomic E-state index is 0.0491. The largest absolute Gasteiger partial charge is 0.352 e. The maximum atomic E-state index is 12.1. The van der Waals surface area contributed by atoms with Crippen LogP contribution in [0.15, 0.2) is 17.0 Å². The predicted octanol–water partition coefficient (Wildman–Crippen LogP) is 2.62. The summed E-state index contributed by atoms with van der Waals surface area (Å²) in [7, 11) is 1.49. The highest BCUT2D eigenvalue weighted by molar-refractivity contribution is 8.13. The van der Waals surface area contributed by atoms with Crippen molar-refractivity contribution in [2.75, 3.05) is 6.54 Å². The van der Waals surface area contributed by atoms with Crippen molar-refractivity contribution in [3.05, 3.63) is 28.8 Å². The third kappa shape index (κ3) is 4.21. The first-order valence-corrected chi connectivity index (χ1v) is 8.28. The summed E-state index contributed by atoms with van der Waals surface area (Å²) in [5.41, 5.74) is 1.82. The number of rotatable bonds is 4. The molecule has 0 heterocycles. The van der Waals surface area contributed by atoms with Gasteiger partial charge in [-0.2, -0.15) is 0 Å². The topological polar surface area (TPSA) is 63.2 Å². The van der Waals surface area contributed by atoms with Gasteiger partial charge in [-0.15, -0.1) is 0 Å². The van der Waals surface area contributed by atoms with Crippen molar-refractivity contribution in [2.45, 2.75) is 32.6 Å². The Balaban J connectivity index is 3.20. The van der Waals surface area contributed by atoms with Gasteiger partial charge in [0, 0.05) is 22.8 Å². The highest BCUT2D eigenvalue weighted by Crippen LogP contribution is 2.22. The second kappa shape index (κ2) is 5.92. The maximum absolute atomic E-state index is 12.1. The molecular weight excluding hydrogens is 286 g/mol. The molecule has 0 aromatic heterocycles. The Bertz CT molecular complexity index is 594. The van der Waals surface area contributed by atoms with E-state index in [9.17, 15) is 13.2 Å². The van der Waals surface area contributed by atoms with Gasteiger partial charge in [0.15, 0.2) is 0 Å². The summed E-state index contributed by atoms with van der Waals surface area (Å²) in [6.07, 6.45) is 0. The second-order valence-electron chi connectivity index (χ2n) is 4.95. The van der Waals surface area contributed by atoms with Gasteiger partial charge < -0.3 is 5.32 Å². The van der Waals surface area contributed by atoms with Gasteiger partial charge in [-0.1, -0.05) is 13.8 Å². The van der Waals surface area contributed by atoms with E-state index in [4.69, 9.17) is 10.7 Å². The van der Waals surface area contributed by atoms with E-state index in [0.29, 0.717) is 18.0 Å². The Labute approximate surface area is 118 Å². The van der Waals surface area contributed by atoms with E-state index in [1.54, 1.807) is 13.8 Å². The zero-order valence-corrected chi connectivity index (χ0v) is 13.0. The van der Waals surface area contributed by atoms with Crippen LogP contribution < -0.4 is 5.32 Å². The first-order chi connectivity index (χ1) is 8.62. The molecule has 1 aromatic rings. The van der Waals surface area contributed by atoms with Gasteiger partial charge in [-0.3, -0.25) is 4.79 Å². The molecule has 0 aliphatic carbocycles. The lowest BCUT2D eigenvalue weighted by atomic mass is 10.0. The number of nitrogens with one attached hydrogen (secondary N) is 1. The molecule has 0 saturated carbocycles. The van der Waals surface area contributed by atoms with Gasteiger partial charge in [-0.05, 0) is 43.0 Å². The highest BCUT2D eigenvalue weighted by atomic mass is 35.7. The van der Waals surface area contributed by atoms with Crippen molar-refractivity contribution < 1.29 is 13.2 Å². The van der Waals surface area contributed by atoms with Crippen molar-refractivity contribution in [3.63, 3.8) is 0 Å². The molecule has 106 valence electrons.